The predicted molar refractivity (Wildman–Crippen MR) is 181 cm³/mol. The number of anilines is 1. The van der Waals surface area contributed by atoms with Crippen molar-refractivity contribution in [2.45, 2.75) is 40.4 Å². The Hall–Kier alpha value is -5.35. The van der Waals surface area contributed by atoms with Crippen molar-refractivity contribution in [2.24, 2.45) is 5.92 Å². The number of esters is 1. The molecule has 0 aliphatic rings. The number of aromatic nitrogens is 1. The van der Waals surface area contributed by atoms with Gasteiger partial charge in [-0.3, -0.25) is 14.5 Å². The summed E-state index contributed by atoms with van der Waals surface area (Å²) in [6.07, 6.45) is 1.29. The minimum absolute atomic E-state index is 0.0295. The molecule has 1 heterocycles. The molecule has 1 aromatic heterocycles. The number of hydrogen-bond acceptors (Lipinski definition) is 6. The lowest BCUT2D eigenvalue weighted by Crippen LogP contribution is -2.24. The van der Waals surface area contributed by atoms with Gasteiger partial charge in [0.1, 0.15) is 28.7 Å². The minimum Gasteiger partial charge on any atom is -0.462 e. The lowest BCUT2D eigenvalue weighted by molar-refractivity contribution is -0.118. The molecule has 8 nitrogen and oxygen atoms in total. The van der Waals surface area contributed by atoms with Gasteiger partial charge in [-0.15, -0.1) is 0 Å². The van der Waals surface area contributed by atoms with E-state index in [9.17, 15) is 23.2 Å². The Morgan fingerprint density at radius 2 is 1.56 bits per heavy atom. The summed E-state index contributed by atoms with van der Waals surface area (Å²) in [7, 11) is 1.89. The van der Waals surface area contributed by atoms with Crippen LogP contribution >= 0.6 is 0 Å². The number of nitrogens with zero attached hydrogens (tertiary/aromatic N) is 2. The molecule has 248 valence electrons. The molecule has 0 bridgehead atoms. The van der Waals surface area contributed by atoms with Crippen molar-refractivity contribution in [3.8, 4) is 11.5 Å². The third-order valence-corrected chi connectivity index (χ3v) is 7.80. The van der Waals surface area contributed by atoms with Gasteiger partial charge in [-0.1, -0.05) is 50.2 Å². The Kier molecular flexibility index (Phi) is 10.7. The van der Waals surface area contributed by atoms with Gasteiger partial charge in [0.15, 0.2) is 0 Å². The Bertz CT molecular complexity index is 1970. The molecule has 0 aliphatic heterocycles. The van der Waals surface area contributed by atoms with Gasteiger partial charge < -0.3 is 19.4 Å². The van der Waals surface area contributed by atoms with E-state index in [1.165, 1.54) is 16.8 Å². The zero-order valence-electron chi connectivity index (χ0n) is 27.3. The van der Waals surface area contributed by atoms with Crippen LogP contribution in [0.4, 0.5) is 14.5 Å². The van der Waals surface area contributed by atoms with E-state index < -0.39 is 23.0 Å². The van der Waals surface area contributed by atoms with Crippen molar-refractivity contribution in [1.29, 1.82) is 0 Å². The summed E-state index contributed by atoms with van der Waals surface area (Å²) >= 11 is 0. The maximum Gasteiger partial charge on any atom is 0.343 e. The molecular weight excluding hydrogens is 616 g/mol. The van der Waals surface area contributed by atoms with E-state index in [1.54, 1.807) is 57.2 Å². The van der Waals surface area contributed by atoms with Crippen molar-refractivity contribution < 1.29 is 27.8 Å². The van der Waals surface area contributed by atoms with Gasteiger partial charge in [-0.05, 0) is 68.1 Å². The summed E-state index contributed by atoms with van der Waals surface area (Å²) in [6, 6.07) is 23.5. The third-order valence-electron chi connectivity index (χ3n) is 7.80. The highest BCUT2D eigenvalue weighted by Gasteiger charge is 2.23. The average molecular weight is 654 g/mol. The molecule has 48 heavy (non-hydrogen) atoms. The van der Waals surface area contributed by atoms with Crippen LogP contribution in [0.5, 0.6) is 11.5 Å². The maximum atomic E-state index is 14.8. The Balaban J connectivity index is 1.66. The largest absolute Gasteiger partial charge is 0.462 e. The van der Waals surface area contributed by atoms with Gasteiger partial charge in [0.25, 0.3) is 0 Å². The first-order valence-corrected chi connectivity index (χ1v) is 15.7. The van der Waals surface area contributed by atoms with Gasteiger partial charge in [0.05, 0.1) is 24.1 Å². The summed E-state index contributed by atoms with van der Waals surface area (Å²) in [5.74, 6) is -1.87. The number of amides is 1. The number of halogens is 2. The number of fused-ring (bicyclic) bond motifs is 1. The maximum absolute atomic E-state index is 14.8. The smallest absolute Gasteiger partial charge is 0.343 e. The van der Waals surface area contributed by atoms with E-state index in [1.807, 2.05) is 42.3 Å². The number of carbonyl (C=O) groups is 2. The number of rotatable bonds is 12. The molecule has 5 aromatic rings. The second-order valence-electron chi connectivity index (χ2n) is 11.8. The van der Waals surface area contributed by atoms with Crippen molar-refractivity contribution in [2.75, 3.05) is 19.0 Å². The van der Waals surface area contributed by atoms with Crippen LogP contribution < -0.4 is 15.5 Å². The number of pyridine rings is 1. The normalized spacial score (nSPS) is 11.2. The van der Waals surface area contributed by atoms with Crippen LogP contribution in [0, 0.1) is 17.6 Å². The van der Waals surface area contributed by atoms with Crippen LogP contribution in [0.1, 0.15) is 47.8 Å². The summed E-state index contributed by atoms with van der Waals surface area (Å²) in [6.45, 7) is 5.73. The van der Waals surface area contributed by atoms with Crippen molar-refractivity contribution in [1.82, 2.24) is 9.47 Å². The summed E-state index contributed by atoms with van der Waals surface area (Å²) in [5, 5.41) is 3.01. The van der Waals surface area contributed by atoms with Crippen LogP contribution in [-0.2, 0) is 29.2 Å². The van der Waals surface area contributed by atoms with Crippen molar-refractivity contribution in [3.05, 3.63) is 135 Å². The van der Waals surface area contributed by atoms with Crippen LogP contribution in [0.3, 0.4) is 0 Å². The molecule has 0 unspecified atom stereocenters. The Labute approximate surface area is 277 Å². The third kappa shape index (κ3) is 7.78. The SMILES string of the molecule is CCOC(=O)c1cn(Cc2c(F)cccc2F)c2ccc(Oc3ccc(NC(=O)C(C)C)cc3)c(CN(C)Cc3ccccc3)c2c1=O. The number of carbonyl (C=O) groups excluding carboxylic acids is 2. The van der Waals surface area contributed by atoms with E-state index in [0.717, 1.165) is 17.7 Å². The number of hydrogen-bond donors (Lipinski definition) is 1. The fraction of sp³-hybridized carbons (Fsp3) is 0.237. The molecule has 0 aliphatic carbocycles. The zero-order chi connectivity index (χ0) is 34.4. The predicted octanol–water partition coefficient (Wildman–Crippen LogP) is 7.52. The monoisotopic (exact) mass is 653 g/mol. The summed E-state index contributed by atoms with van der Waals surface area (Å²) < 4.78 is 42.7. The highest BCUT2D eigenvalue weighted by Crippen LogP contribution is 2.33. The standard InChI is InChI=1S/C38H37F2N3O5/c1-5-47-38(46)30-23-43(22-28-31(39)12-9-13-32(28)40)33-18-19-34(48-27-16-14-26(15-17-27)41-37(45)24(2)3)29(35(33)36(30)44)21-42(4)20-25-10-7-6-8-11-25/h6-19,23-24H,5,20-22H2,1-4H3,(H,41,45). The van der Waals surface area contributed by atoms with Crippen LogP contribution in [0.2, 0.25) is 0 Å². The average Bonchev–Trinajstić information content (AvgIpc) is 3.06. The van der Waals surface area contributed by atoms with E-state index in [2.05, 4.69) is 5.32 Å². The fourth-order valence-corrected chi connectivity index (χ4v) is 5.36. The van der Waals surface area contributed by atoms with E-state index >= 15 is 0 Å². The first-order valence-electron chi connectivity index (χ1n) is 15.7. The number of nitrogens with one attached hydrogen (secondary N) is 1. The van der Waals surface area contributed by atoms with Gasteiger partial charge in [0, 0.05) is 42.0 Å². The van der Waals surface area contributed by atoms with E-state index in [-0.39, 0.29) is 48.0 Å². The van der Waals surface area contributed by atoms with E-state index in [0.29, 0.717) is 34.8 Å². The molecule has 0 saturated heterocycles. The van der Waals surface area contributed by atoms with Gasteiger partial charge in [0.2, 0.25) is 11.3 Å². The highest BCUT2D eigenvalue weighted by molar-refractivity contribution is 5.95. The lowest BCUT2D eigenvalue weighted by atomic mass is 10.0. The van der Waals surface area contributed by atoms with Crippen molar-refractivity contribution >= 4 is 28.5 Å². The van der Waals surface area contributed by atoms with Gasteiger partial charge >= 0.3 is 5.97 Å². The van der Waals surface area contributed by atoms with Crippen LogP contribution in [0.25, 0.3) is 10.9 Å². The van der Waals surface area contributed by atoms with Gasteiger partial charge in [-0.25, -0.2) is 13.6 Å². The molecule has 0 fully saturated rings. The van der Waals surface area contributed by atoms with E-state index in [4.69, 9.17) is 9.47 Å². The minimum atomic E-state index is -0.846. The molecule has 10 heteroatoms. The molecule has 0 radical (unpaired) electrons. The first-order chi connectivity index (χ1) is 23.0. The Morgan fingerprint density at radius 3 is 2.21 bits per heavy atom. The second kappa shape index (κ2) is 15.0. The molecule has 1 N–H and O–H groups in total. The highest BCUT2D eigenvalue weighted by atomic mass is 19.1. The molecule has 1 amide bonds. The second-order valence-corrected chi connectivity index (χ2v) is 11.8. The lowest BCUT2D eigenvalue weighted by Gasteiger charge is -2.22. The first kappa shape index (κ1) is 34.0. The molecule has 5 rings (SSSR count). The molecule has 0 saturated carbocycles. The van der Waals surface area contributed by atoms with Crippen LogP contribution in [-0.4, -0.2) is 35.0 Å². The quantitative estimate of drug-likeness (QED) is 0.140. The molecular formula is C38H37F2N3O5. The molecule has 0 spiro atoms. The van der Waals surface area contributed by atoms with Crippen LogP contribution in [0.15, 0.2) is 95.9 Å². The Morgan fingerprint density at radius 1 is 0.875 bits per heavy atom. The van der Waals surface area contributed by atoms with Crippen molar-refractivity contribution in [3.63, 3.8) is 0 Å². The summed E-state index contributed by atoms with van der Waals surface area (Å²) in [4.78, 5) is 41.4. The topological polar surface area (TPSA) is 89.9 Å². The zero-order valence-corrected chi connectivity index (χ0v) is 27.3. The molecule has 4 aromatic carbocycles. The summed E-state index contributed by atoms with van der Waals surface area (Å²) in [5.41, 5.74) is 1.40. The molecule has 0 atom stereocenters. The fourth-order valence-electron chi connectivity index (χ4n) is 5.36. The number of ether oxygens (including phenoxy) is 2. The van der Waals surface area contributed by atoms with Gasteiger partial charge in [-0.2, -0.15) is 0 Å². The number of benzene rings is 4.